The highest BCUT2D eigenvalue weighted by Crippen LogP contribution is 2.31. The summed E-state index contributed by atoms with van der Waals surface area (Å²) in [6, 6.07) is 4.10. The first-order valence-electron chi connectivity index (χ1n) is 7.37. The van der Waals surface area contributed by atoms with E-state index in [9.17, 15) is 19.7 Å². The zero-order valence-electron chi connectivity index (χ0n) is 13.0. The second-order valence-corrected chi connectivity index (χ2v) is 5.83. The fourth-order valence-electron chi connectivity index (χ4n) is 2.19. The van der Waals surface area contributed by atoms with Crippen LogP contribution in [0.4, 0.5) is 11.4 Å². The molecule has 0 radical (unpaired) electrons. The largest absolute Gasteiger partial charge is 0.480 e. The van der Waals surface area contributed by atoms with Crippen LogP contribution in [0.25, 0.3) is 0 Å². The lowest BCUT2D eigenvalue weighted by molar-refractivity contribution is -0.384. The summed E-state index contributed by atoms with van der Waals surface area (Å²) in [5, 5.41) is 23.2. The number of nitro benzene ring substituents is 1. The zero-order chi connectivity index (χ0) is 17.1. The van der Waals surface area contributed by atoms with Gasteiger partial charge in [-0.3, -0.25) is 19.7 Å². The lowest BCUT2D eigenvalue weighted by atomic mass is 10.1. The van der Waals surface area contributed by atoms with E-state index in [4.69, 9.17) is 5.11 Å². The number of aliphatic carboxylic acids is 1. The summed E-state index contributed by atoms with van der Waals surface area (Å²) in [5.41, 5.74) is 0.304. The lowest BCUT2D eigenvalue weighted by Crippen LogP contribution is -2.40. The molecule has 2 rings (SSSR count). The molecule has 1 aliphatic carbocycles. The Hall–Kier alpha value is -2.64. The van der Waals surface area contributed by atoms with E-state index in [1.54, 1.807) is 13.8 Å². The number of rotatable bonds is 7. The molecule has 0 aliphatic heterocycles. The van der Waals surface area contributed by atoms with Crippen LogP contribution in [0, 0.1) is 10.1 Å². The van der Waals surface area contributed by atoms with E-state index < -0.39 is 23.3 Å². The minimum atomic E-state index is -1.13. The summed E-state index contributed by atoms with van der Waals surface area (Å²) in [7, 11) is 0. The van der Waals surface area contributed by atoms with Crippen molar-refractivity contribution in [1.82, 2.24) is 4.90 Å². The van der Waals surface area contributed by atoms with Gasteiger partial charge in [-0.1, -0.05) is 0 Å². The van der Waals surface area contributed by atoms with Crippen LogP contribution in [0.1, 0.15) is 37.0 Å². The van der Waals surface area contributed by atoms with Crippen molar-refractivity contribution in [3.05, 3.63) is 33.9 Å². The fourth-order valence-corrected chi connectivity index (χ4v) is 2.19. The van der Waals surface area contributed by atoms with Gasteiger partial charge in [-0.05, 0) is 38.8 Å². The van der Waals surface area contributed by atoms with Gasteiger partial charge in [-0.2, -0.15) is 0 Å². The number of amides is 1. The van der Waals surface area contributed by atoms with Crippen LogP contribution < -0.4 is 5.32 Å². The van der Waals surface area contributed by atoms with Crippen molar-refractivity contribution in [2.24, 2.45) is 0 Å². The van der Waals surface area contributed by atoms with Gasteiger partial charge >= 0.3 is 5.97 Å². The van der Waals surface area contributed by atoms with Crippen LogP contribution in [-0.2, 0) is 4.79 Å². The molecule has 0 spiro atoms. The number of nitrogens with one attached hydrogen (secondary N) is 1. The number of carboxylic acid groups (broad SMARTS) is 1. The Morgan fingerprint density at radius 3 is 2.57 bits per heavy atom. The number of anilines is 1. The molecule has 0 atom stereocenters. The van der Waals surface area contributed by atoms with Crippen LogP contribution in [-0.4, -0.2) is 45.4 Å². The number of hydrogen-bond donors (Lipinski definition) is 2. The maximum Gasteiger partial charge on any atom is 0.323 e. The first-order valence-corrected chi connectivity index (χ1v) is 7.37. The van der Waals surface area contributed by atoms with Crippen molar-refractivity contribution in [1.29, 1.82) is 0 Å². The molecule has 2 N–H and O–H groups in total. The summed E-state index contributed by atoms with van der Waals surface area (Å²) in [4.78, 5) is 35.2. The van der Waals surface area contributed by atoms with Gasteiger partial charge in [0.1, 0.15) is 12.2 Å². The summed E-state index contributed by atoms with van der Waals surface area (Å²) in [6.07, 6.45) is 1.94. The average molecular weight is 321 g/mol. The quantitative estimate of drug-likeness (QED) is 0.587. The highest BCUT2D eigenvalue weighted by molar-refractivity contribution is 5.97. The van der Waals surface area contributed by atoms with Crippen molar-refractivity contribution in [2.45, 2.75) is 38.8 Å². The molecule has 0 bridgehead atoms. The molecule has 23 heavy (non-hydrogen) atoms. The lowest BCUT2D eigenvalue weighted by Gasteiger charge is -2.25. The van der Waals surface area contributed by atoms with Gasteiger partial charge in [-0.15, -0.1) is 0 Å². The molecule has 8 nitrogen and oxygen atoms in total. The Labute approximate surface area is 133 Å². The molecule has 0 unspecified atom stereocenters. The van der Waals surface area contributed by atoms with Gasteiger partial charge in [0.25, 0.3) is 11.6 Å². The van der Waals surface area contributed by atoms with E-state index in [2.05, 4.69) is 5.32 Å². The Kier molecular flexibility index (Phi) is 4.83. The minimum Gasteiger partial charge on any atom is -0.480 e. The third-order valence-electron chi connectivity index (χ3n) is 3.57. The standard InChI is InChI=1S/C15H19N3O5/c1-9(2)17(8-14(19)20)15(21)10-3-6-12(16-11-4-5-11)13(7-10)18(22)23/h3,6-7,9,11,16H,4-5,8H2,1-2H3,(H,19,20). The molecular weight excluding hydrogens is 302 g/mol. The third-order valence-corrected chi connectivity index (χ3v) is 3.57. The normalized spacial score (nSPS) is 13.7. The van der Waals surface area contributed by atoms with E-state index in [0.29, 0.717) is 5.69 Å². The molecule has 1 amide bonds. The SMILES string of the molecule is CC(C)N(CC(=O)O)C(=O)c1ccc(NC2CC2)c([N+](=O)[O-])c1. The molecule has 124 valence electrons. The second-order valence-electron chi connectivity index (χ2n) is 5.83. The second kappa shape index (κ2) is 6.64. The van der Waals surface area contributed by atoms with Gasteiger partial charge in [0.15, 0.2) is 0 Å². The molecule has 1 aromatic rings. The molecule has 1 aliphatic rings. The van der Waals surface area contributed by atoms with E-state index in [0.717, 1.165) is 17.7 Å². The van der Waals surface area contributed by atoms with Crippen molar-refractivity contribution in [2.75, 3.05) is 11.9 Å². The smallest absolute Gasteiger partial charge is 0.323 e. The Morgan fingerprint density at radius 1 is 1.43 bits per heavy atom. The number of nitrogens with zero attached hydrogens (tertiary/aromatic N) is 2. The maximum absolute atomic E-state index is 12.5. The fraction of sp³-hybridized carbons (Fsp3) is 0.467. The molecule has 1 saturated carbocycles. The van der Waals surface area contributed by atoms with Crippen molar-refractivity contribution < 1.29 is 19.6 Å². The van der Waals surface area contributed by atoms with Crippen LogP contribution in [0.5, 0.6) is 0 Å². The number of carbonyl (C=O) groups is 2. The number of benzene rings is 1. The van der Waals surface area contributed by atoms with Crippen LogP contribution in [0.15, 0.2) is 18.2 Å². The highest BCUT2D eigenvalue weighted by atomic mass is 16.6. The molecule has 0 heterocycles. The molecule has 8 heteroatoms. The molecular formula is C15H19N3O5. The molecule has 1 fully saturated rings. The number of carbonyl (C=O) groups excluding carboxylic acids is 1. The Morgan fingerprint density at radius 2 is 2.09 bits per heavy atom. The average Bonchev–Trinajstić information content (AvgIpc) is 3.27. The molecule has 0 aromatic heterocycles. The monoisotopic (exact) mass is 321 g/mol. The minimum absolute atomic E-state index is 0.105. The number of nitro groups is 1. The van der Waals surface area contributed by atoms with Gasteiger partial charge < -0.3 is 15.3 Å². The summed E-state index contributed by atoms with van der Waals surface area (Å²) in [6.45, 7) is 2.93. The van der Waals surface area contributed by atoms with Crippen molar-refractivity contribution in [3.8, 4) is 0 Å². The van der Waals surface area contributed by atoms with Gasteiger partial charge in [0.2, 0.25) is 0 Å². The van der Waals surface area contributed by atoms with E-state index in [-0.39, 0.29) is 23.3 Å². The Bertz CT molecular complexity index is 640. The van der Waals surface area contributed by atoms with Gasteiger partial charge in [-0.25, -0.2) is 0 Å². The highest BCUT2D eigenvalue weighted by Gasteiger charge is 2.27. The number of carboxylic acids is 1. The van der Waals surface area contributed by atoms with E-state index in [1.165, 1.54) is 18.2 Å². The molecule has 1 aromatic carbocycles. The van der Waals surface area contributed by atoms with Crippen LogP contribution >= 0.6 is 0 Å². The predicted octanol–water partition coefficient (Wildman–Crippen LogP) is 2.10. The molecule has 0 saturated heterocycles. The predicted molar refractivity (Wildman–Crippen MR) is 83.5 cm³/mol. The third kappa shape index (κ3) is 4.18. The van der Waals surface area contributed by atoms with E-state index >= 15 is 0 Å². The van der Waals surface area contributed by atoms with E-state index in [1.807, 2.05) is 0 Å². The topological polar surface area (TPSA) is 113 Å². The summed E-state index contributed by atoms with van der Waals surface area (Å²) < 4.78 is 0. The van der Waals surface area contributed by atoms with Gasteiger partial charge in [0, 0.05) is 23.7 Å². The zero-order valence-corrected chi connectivity index (χ0v) is 13.0. The maximum atomic E-state index is 12.5. The summed E-state index contributed by atoms with van der Waals surface area (Å²) in [5.74, 6) is -1.67. The first-order chi connectivity index (χ1) is 10.8. The Balaban J connectivity index is 2.30. The number of hydrogen-bond acceptors (Lipinski definition) is 5. The first kappa shape index (κ1) is 16.7. The van der Waals surface area contributed by atoms with Crippen LogP contribution in [0.3, 0.4) is 0 Å². The van der Waals surface area contributed by atoms with Crippen LogP contribution in [0.2, 0.25) is 0 Å². The van der Waals surface area contributed by atoms with Crippen molar-refractivity contribution >= 4 is 23.3 Å². The van der Waals surface area contributed by atoms with Crippen molar-refractivity contribution in [3.63, 3.8) is 0 Å². The summed E-state index contributed by atoms with van der Waals surface area (Å²) >= 11 is 0. The van der Waals surface area contributed by atoms with Gasteiger partial charge in [0.05, 0.1) is 4.92 Å².